The van der Waals surface area contributed by atoms with Gasteiger partial charge in [0.1, 0.15) is 0 Å². The van der Waals surface area contributed by atoms with Crippen LogP contribution in [0.3, 0.4) is 0 Å². The molecule has 1 aliphatic carbocycles. The standard InChI is InChI=1S/C16H30N2O3/c1-11-5-6-12(7-11)10-17-15(21)18-13(8-14(19)20)9-16(2,3)4/h11-13H,5-10H2,1-4H3,(H,19,20)(H2,17,18,21). The maximum atomic E-state index is 11.9. The van der Waals surface area contributed by atoms with Gasteiger partial charge < -0.3 is 15.7 Å². The predicted molar refractivity (Wildman–Crippen MR) is 83.2 cm³/mol. The highest BCUT2D eigenvalue weighted by atomic mass is 16.4. The molecule has 1 fully saturated rings. The van der Waals surface area contributed by atoms with Crippen molar-refractivity contribution < 1.29 is 14.7 Å². The van der Waals surface area contributed by atoms with Crippen LogP contribution in [0.5, 0.6) is 0 Å². The molecular weight excluding hydrogens is 268 g/mol. The van der Waals surface area contributed by atoms with Crippen LogP contribution in [0.2, 0.25) is 0 Å². The van der Waals surface area contributed by atoms with Crippen LogP contribution >= 0.6 is 0 Å². The summed E-state index contributed by atoms with van der Waals surface area (Å²) in [6.45, 7) is 9.06. The van der Waals surface area contributed by atoms with Crippen LogP contribution in [0.4, 0.5) is 4.79 Å². The molecule has 5 nitrogen and oxygen atoms in total. The van der Waals surface area contributed by atoms with Crippen molar-refractivity contribution in [2.45, 2.75) is 65.8 Å². The first-order valence-corrected chi connectivity index (χ1v) is 7.92. The Hall–Kier alpha value is -1.26. The molecule has 2 amide bonds. The quantitative estimate of drug-likeness (QED) is 0.705. The summed E-state index contributed by atoms with van der Waals surface area (Å²) in [7, 11) is 0. The van der Waals surface area contributed by atoms with E-state index in [0.717, 1.165) is 5.92 Å². The number of aliphatic carboxylic acids is 1. The molecule has 21 heavy (non-hydrogen) atoms. The molecule has 5 heteroatoms. The van der Waals surface area contributed by atoms with E-state index in [-0.39, 0.29) is 23.9 Å². The minimum absolute atomic E-state index is 0.0196. The van der Waals surface area contributed by atoms with E-state index in [1.165, 1.54) is 19.3 Å². The summed E-state index contributed by atoms with van der Waals surface area (Å²) in [4.78, 5) is 22.9. The lowest BCUT2D eigenvalue weighted by molar-refractivity contribution is -0.137. The van der Waals surface area contributed by atoms with Gasteiger partial charge in [-0.25, -0.2) is 4.79 Å². The second kappa shape index (κ2) is 7.66. The van der Waals surface area contributed by atoms with E-state index in [9.17, 15) is 9.59 Å². The SMILES string of the molecule is CC1CCC(CNC(=O)NC(CC(=O)O)CC(C)(C)C)C1. The second-order valence-corrected chi connectivity index (χ2v) is 7.70. The van der Waals surface area contributed by atoms with E-state index in [0.29, 0.717) is 18.9 Å². The van der Waals surface area contributed by atoms with E-state index < -0.39 is 5.97 Å². The molecule has 3 N–H and O–H groups in total. The first-order chi connectivity index (χ1) is 9.65. The van der Waals surface area contributed by atoms with Crippen LogP contribution in [0.15, 0.2) is 0 Å². The van der Waals surface area contributed by atoms with Gasteiger partial charge in [-0.3, -0.25) is 4.79 Å². The lowest BCUT2D eigenvalue weighted by Crippen LogP contribution is -2.45. The third-order valence-corrected chi connectivity index (χ3v) is 3.97. The van der Waals surface area contributed by atoms with E-state index in [4.69, 9.17) is 5.11 Å². The molecule has 1 aliphatic rings. The van der Waals surface area contributed by atoms with Gasteiger partial charge in [-0.05, 0) is 36.5 Å². The molecule has 0 spiro atoms. The van der Waals surface area contributed by atoms with Crippen LogP contribution < -0.4 is 10.6 Å². The number of hydrogen-bond acceptors (Lipinski definition) is 2. The number of carboxylic acid groups (broad SMARTS) is 1. The van der Waals surface area contributed by atoms with E-state index in [1.54, 1.807) is 0 Å². The van der Waals surface area contributed by atoms with E-state index in [2.05, 4.69) is 17.6 Å². The van der Waals surface area contributed by atoms with Crippen molar-refractivity contribution in [3.8, 4) is 0 Å². The molecule has 0 heterocycles. The second-order valence-electron chi connectivity index (χ2n) is 7.70. The zero-order chi connectivity index (χ0) is 16.0. The van der Waals surface area contributed by atoms with Gasteiger partial charge in [-0.2, -0.15) is 0 Å². The maximum absolute atomic E-state index is 11.9. The number of carbonyl (C=O) groups is 2. The average Bonchev–Trinajstić information content (AvgIpc) is 2.69. The van der Waals surface area contributed by atoms with Crippen molar-refractivity contribution in [3.63, 3.8) is 0 Å². The van der Waals surface area contributed by atoms with Gasteiger partial charge in [0.25, 0.3) is 0 Å². The van der Waals surface area contributed by atoms with E-state index >= 15 is 0 Å². The van der Waals surface area contributed by atoms with Crippen LogP contribution in [0, 0.1) is 17.3 Å². The topological polar surface area (TPSA) is 78.4 Å². The Balaban J connectivity index is 2.38. The summed E-state index contributed by atoms with van der Waals surface area (Å²) in [6.07, 6.45) is 4.18. The Morgan fingerprint density at radius 3 is 2.43 bits per heavy atom. The maximum Gasteiger partial charge on any atom is 0.315 e. The number of carbonyl (C=O) groups excluding carboxylic acids is 1. The Morgan fingerprint density at radius 2 is 1.95 bits per heavy atom. The molecule has 3 atom stereocenters. The fraction of sp³-hybridized carbons (Fsp3) is 0.875. The highest BCUT2D eigenvalue weighted by Crippen LogP contribution is 2.29. The minimum atomic E-state index is -0.880. The van der Waals surface area contributed by atoms with Crippen LogP contribution in [0.25, 0.3) is 0 Å². The lowest BCUT2D eigenvalue weighted by atomic mass is 9.87. The summed E-state index contributed by atoms with van der Waals surface area (Å²) in [5, 5.41) is 14.7. The molecule has 3 unspecified atom stereocenters. The Labute approximate surface area is 127 Å². The molecule has 1 saturated carbocycles. The number of rotatable bonds is 6. The van der Waals surface area contributed by atoms with Crippen molar-refractivity contribution >= 4 is 12.0 Å². The largest absolute Gasteiger partial charge is 0.481 e. The summed E-state index contributed by atoms with van der Waals surface area (Å²) >= 11 is 0. The predicted octanol–water partition coefficient (Wildman–Crippen LogP) is 3.00. The van der Waals surface area contributed by atoms with Gasteiger partial charge in [-0.15, -0.1) is 0 Å². The van der Waals surface area contributed by atoms with Crippen molar-refractivity contribution in [3.05, 3.63) is 0 Å². The van der Waals surface area contributed by atoms with Gasteiger partial charge in [0.2, 0.25) is 0 Å². The van der Waals surface area contributed by atoms with E-state index in [1.807, 2.05) is 20.8 Å². The van der Waals surface area contributed by atoms with Crippen molar-refractivity contribution in [2.75, 3.05) is 6.54 Å². The third-order valence-electron chi connectivity index (χ3n) is 3.97. The van der Waals surface area contributed by atoms with Gasteiger partial charge in [-0.1, -0.05) is 34.1 Å². The summed E-state index contributed by atoms with van der Waals surface area (Å²) in [6, 6.07) is -0.574. The number of hydrogen-bond donors (Lipinski definition) is 3. The fourth-order valence-corrected chi connectivity index (χ4v) is 3.11. The normalized spacial score (nSPS) is 23.6. The molecule has 0 aromatic rings. The van der Waals surface area contributed by atoms with Crippen molar-refractivity contribution in [1.29, 1.82) is 0 Å². The number of amides is 2. The fourth-order valence-electron chi connectivity index (χ4n) is 3.11. The van der Waals surface area contributed by atoms with Crippen LogP contribution in [-0.2, 0) is 4.79 Å². The van der Waals surface area contributed by atoms with Crippen LogP contribution in [-0.4, -0.2) is 29.7 Å². The number of carboxylic acids is 1. The Morgan fingerprint density at radius 1 is 1.29 bits per heavy atom. The minimum Gasteiger partial charge on any atom is -0.481 e. The lowest BCUT2D eigenvalue weighted by Gasteiger charge is -2.26. The molecule has 0 aliphatic heterocycles. The molecule has 1 rings (SSSR count). The summed E-state index contributed by atoms with van der Waals surface area (Å²) in [5.41, 5.74) is -0.0196. The van der Waals surface area contributed by atoms with Crippen molar-refractivity contribution in [2.24, 2.45) is 17.3 Å². The Bertz CT molecular complexity index is 363. The monoisotopic (exact) mass is 298 g/mol. The summed E-state index contributed by atoms with van der Waals surface area (Å²) < 4.78 is 0. The van der Waals surface area contributed by atoms with Gasteiger partial charge in [0, 0.05) is 12.6 Å². The summed E-state index contributed by atoms with van der Waals surface area (Å²) in [5.74, 6) is 0.431. The number of nitrogens with one attached hydrogen (secondary N) is 2. The third kappa shape index (κ3) is 7.93. The number of urea groups is 1. The highest BCUT2D eigenvalue weighted by Gasteiger charge is 2.24. The van der Waals surface area contributed by atoms with Crippen molar-refractivity contribution in [1.82, 2.24) is 10.6 Å². The first-order valence-electron chi connectivity index (χ1n) is 7.92. The zero-order valence-corrected chi connectivity index (χ0v) is 13.7. The highest BCUT2D eigenvalue weighted by molar-refractivity contribution is 5.75. The molecule has 0 aromatic carbocycles. The average molecular weight is 298 g/mol. The van der Waals surface area contributed by atoms with Gasteiger partial charge in [0.05, 0.1) is 6.42 Å². The molecule has 0 saturated heterocycles. The smallest absolute Gasteiger partial charge is 0.315 e. The molecule has 0 bridgehead atoms. The molecule has 0 radical (unpaired) electrons. The first kappa shape index (κ1) is 17.8. The Kier molecular flexibility index (Phi) is 6.49. The molecule has 0 aromatic heterocycles. The van der Waals surface area contributed by atoms with Crippen LogP contribution in [0.1, 0.15) is 59.8 Å². The van der Waals surface area contributed by atoms with Gasteiger partial charge in [0.15, 0.2) is 0 Å². The van der Waals surface area contributed by atoms with Gasteiger partial charge >= 0.3 is 12.0 Å². The zero-order valence-electron chi connectivity index (χ0n) is 13.7. The molecule has 122 valence electrons. The molecular formula is C16H30N2O3.